The maximum atomic E-state index is 13.1. The van der Waals surface area contributed by atoms with E-state index in [1.54, 1.807) is 0 Å². The second-order valence-corrected chi connectivity index (χ2v) is 11.7. The zero-order valence-electron chi connectivity index (χ0n) is 27.5. The van der Waals surface area contributed by atoms with Crippen molar-refractivity contribution in [3.8, 4) is 0 Å². The molecule has 0 saturated heterocycles. The minimum absolute atomic E-state index is 0.230. The lowest BCUT2D eigenvalue weighted by Crippen LogP contribution is -2.57. The summed E-state index contributed by atoms with van der Waals surface area (Å²) in [7, 11) is -1.75. The van der Waals surface area contributed by atoms with Gasteiger partial charge in [-0.2, -0.15) is 0 Å². The Hall–Kier alpha value is -2.26. The van der Waals surface area contributed by atoms with Gasteiger partial charge in [0.25, 0.3) is 0 Å². The third-order valence-corrected chi connectivity index (χ3v) is 7.48. The van der Waals surface area contributed by atoms with Gasteiger partial charge in [-0.1, -0.05) is 51.9 Å². The molecule has 0 aromatic heterocycles. The number of carbonyl (C=O) groups excluding carboxylic acids is 4. The largest absolute Gasteiger partial charge is 0.475 e. The lowest BCUT2D eigenvalue weighted by molar-refractivity contribution is -0.133. The number of unbranched alkanes of at least 4 members (excludes halogenated alkanes) is 9. The second kappa shape index (κ2) is 27.1. The van der Waals surface area contributed by atoms with E-state index in [9.17, 15) is 29.2 Å². The van der Waals surface area contributed by atoms with Gasteiger partial charge in [0.05, 0.1) is 5.94 Å². The van der Waals surface area contributed by atoms with E-state index in [1.165, 1.54) is 58.8 Å². The van der Waals surface area contributed by atoms with Crippen molar-refractivity contribution in [3.63, 3.8) is 0 Å². The zero-order valence-corrected chi connectivity index (χ0v) is 27.5. The maximum absolute atomic E-state index is 13.1. The highest BCUT2D eigenvalue weighted by Gasteiger charge is 2.29. The molecule has 0 heterocycles. The van der Waals surface area contributed by atoms with Crippen molar-refractivity contribution < 1.29 is 29.2 Å². The van der Waals surface area contributed by atoms with E-state index in [0.717, 1.165) is 13.0 Å². The monoisotopic (exact) mass is 627 g/mol. The number of nitrogens with two attached hydrogens (primary N) is 2. The molecule has 44 heavy (non-hydrogen) atoms. The highest BCUT2D eigenvalue weighted by atomic mass is 16.4. The van der Waals surface area contributed by atoms with Gasteiger partial charge in [0.1, 0.15) is 18.1 Å². The molecule has 0 rings (SSSR count). The van der Waals surface area contributed by atoms with Crippen LogP contribution in [0.3, 0.4) is 0 Å². The number of nitrogens with one attached hydrogen (secondary N) is 5. The highest BCUT2D eigenvalue weighted by Crippen LogP contribution is 2.08. The summed E-state index contributed by atoms with van der Waals surface area (Å²) in [5.74, 6) is -2.84. The molecule has 0 radical (unpaired) electrons. The fourth-order valence-electron chi connectivity index (χ4n) is 4.58. The van der Waals surface area contributed by atoms with Crippen molar-refractivity contribution in [2.45, 2.75) is 141 Å². The molecule has 0 unspecified atom stereocenters. The standard InChI is InChI=1S/C30H62BN7O6/c1-4-5-6-7-8-9-10-15-21-34-22-18-27(39)37-25(16-11-13-19-32)29(41)35-23(2)28(40)38-26(17-12-14-20-33)30(42)36-24(3)31(43)44/h23-26,34,43-44H,4-22,32-33H2,1-3H3,(H,35,41)(H,36,42)(H,37,39)(H,38,40)/t23-,24-,25-,26-/m0/s1. The Kier molecular flexibility index (Phi) is 25.7. The van der Waals surface area contributed by atoms with E-state index in [2.05, 4.69) is 33.5 Å². The second-order valence-electron chi connectivity index (χ2n) is 11.7. The molecule has 13 nitrogen and oxygen atoms in total. The molecule has 256 valence electrons. The number of hydrogen-bond acceptors (Lipinski definition) is 9. The summed E-state index contributed by atoms with van der Waals surface area (Å²) in [4.78, 5) is 51.4. The van der Waals surface area contributed by atoms with Crippen molar-refractivity contribution in [2.24, 2.45) is 11.5 Å². The van der Waals surface area contributed by atoms with Crippen LogP contribution < -0.4 is 38.1 Å². The van der Waals surface area contributed by atoms with Crippen LogP contribution in [0.1, 0.15) is 117 Å². The average Bonchev–Trinajstić information content (AvgIpc) is 2.98. The summed E-state index contributed by atoms with van der Waals surface area (Å²) in [6.45, 7) is 7.38. The first kappa shape index (κ1) is 41.7. The molecule has 0 bridgehead atoms. The minimum Gasteiger partial charge on any atom is -0.426 e. The SMILES string of the molecule is CCCCCCCCCCNCCC(=O)N[C@@H](CCCCN)C(=O)N[C@@H](C)C(=O)N[C@@H](CCCCN)C(=O)N[C@@H](C)B(O)O. The quantitative estimate of drug-likeness (QED) is 0.0431. The fourth-order valence-corrected chi connectivity index (χ4v) is 4.58. The molecule has 0 spiro atoms. The van der Waals surface area contributed by atoms with E-state index >= 15 is 0 Å². The van der Waals surface area contributed by atoms with E-state index < -0.39 is 48.9 Å². The molecule has 0 aliphatic heterocycles. The van der Waals surface area contributed by atoms with Gasteiger partial charge in [-0.3, -0.25) is 19.2 Å². The molecule has 0 aliphatic carbocycles. The molecule has 0 aromatic rings. The molecule has 14 heteroatoms. The smallest absolute Gasteiger partial charge is 0.426 e. The molecule has 0 aliphatic rings. The summed E-state index contributed by atoms with van der Waals surface area (Å²) in [6.07, 6.45) is 13.3. The van der Waals surface area contributed by atoms with Gasteiger partial charge in [0.15, 0.2) is 0 Å². The summed E-state index contributed by atoms with van der Waals surface area (Å²) in [5, 5.41) is 32.5. The predicted molar refractivity (Wildman–Crippen MR) is 175 cm³/mol. The Morgan fingerprint density at radius 3 is 1.70 bits per heavy atom. The summed E-state index contributed by atoms with van der Waals surface area (Å²) in [6, 6.07) is -2.77. The zero-order chi connectivity index (χ0) is 33.2. The summed E-state index contributed by atoms with van der Waals surface area (Å²) < 4.78 is 0. The third-order valence-electron chi connectivity index (χ3n) is 7.48. The number of hydrogen-bond donors (Lipinski definition) is 9. The fraction of sp³-hybridized carbons (Fsp3) is 0.867. The summed E-state index contributed by atoms with van der Waals surface area (Å²) in [5.41, 5.74) is 11.2. The Balaban J connectivity index is 4.84. The summed E-state index contributed by atoms with van der Waals surface area (Å²) >= 11 is 0. The van der Waals surface area contributed by atoms with Crippen LogP contribution in [0.15, 0.2) is 0 Å². The topological polar surface area (TPSA) is 221 Å². The molecular weight excluding hydrogens is 565 g/mol. The van der Waals surface area contributed by atoms with Crippen molar-refractivity contribution in [1.29, 1.82) is 0 Å². The van der Waals surface area contributed by atoms with Crippen LogP contribution in [0.5, 0.6) is 0 Å². The van der Waals surface area contributed by atoms with Gasteiger partial charge >= 0.3 is 7.12 Å². The average molecular weight is 628 g/mol. The van der Waals surface area contributed by atoms with Gasteiger partial charge in [-0.15, -0.1) is 0 Å². The molecule has 0 fully saturated rings. The van der Waals surface area contributed by atoms with Gasteiger partial charge in [0, 0.05) is 13.0 Å². The van der Waals surface area contributed by atoms with Crippen LogP contribution in [0.2, 0.25) is 0 Å². The lowest BCUT2D eigenvalue weighted by Gasteiger charge is -2.24. The Bertz CT molecular complexity index is 793. The van der Waals surface area contributed by atoms with Gasteiger partial charge in [-0.25, -0.2) is 0 Å². The number of amides is 4. The van der Waals surface area contributed by atoms with E-state index in [1.807, 2.05) is 0 Å². The Morgan fingerprint density at radius 1 is 0.636 bits per heavy atom. The molecule has 0 saturated carbocycles. The maximum Gasteiger partial charge on any atom is 0.475 e. The minimum atomic E-state index is -1.75. The number of rotatable bonds is 28. The molecule has 11 N–H and O–H groups in total. The van der Waals surface area contributed by atoms with Gasteiger partial charge in [-0.05, 0) is 78.4 Å². The normalized spacial score (nSPS) is 13.8. The van der Waals surface area contributed by atoms with Gasteiger partial charge in [0.2, 0.25) is 23.6 Å². The lowest BCUT2D eigenvalue weighted by atomic mass is 9.81. The number of carbonyl (C=O) groups is 4. The van der Waals surface area contributed by atoms with Crippen LogP contribution in [0, 0.1) is 0 Å². The van der Waals surface area contributed by atoms with Crippen molar-refractivity contribution in [1.82, 2.24) is 26.6 Å². The third kappa shape index (κ3) is 21.4. The molecule has 4 amide bonds. The molecule has 4 atom stereocenters. The first-order chi connectivity index (χ1) is 21.1. The predicted octanol–water partition coefficient (Wildman–Crippen LogP) is 0.356. The molecular formula is C30H62BN7O6. The van der Waals surface area contributed by atoms with Crippen LogP contribution in [0.25, 0.3) is 0 Å². The van der Waals surface area contributed by atoms with Crippen LogP contribution in [-0.4, -0.2) is 91.0 Å². The van der Waals surface area contributed by atoms with E-state index in [0.29, 0.717) is 51.7 Å². The van der Waals surface area contributed by atoms with E-state index in [4.69, 9.17) is 11.5 Å². The highest BCUT2D eigenvalue weighted by molar-refractivity contribution is 6.43. The molecule has 0 aromatic carbocycles. The van der Waals surface area contributed by atoms with Crippen LogP contribution >= 0.6 is 0 Å². The van der Waals surface area contributed by atoms with Crippen molar-refractivity contribution in [2.75, 3.05) is 26.2 Å². The van der Waals surface area contributed by atoms with Crippen LogP contribution in [0.4, 0.5) is 0 Å². The first-order valence-electron chi connectivity index (χ1n) is 16.7. The Morgan fingerprint density at radius 2 is 1.16 bits per heavy atom. The van der Waals surface area contributed by atoms with E-state index in [-0.39, 0.29) is 18.7 Å². The van der Waals surface area contributed by atoms with Crippen LogP contribution in [-0.2, 0) is 19.2 Å². The van der Waals surface area contributed by atoms with Crippen molar-refractivity contribution in [3.05, 3.63) is 0 Å². The first-order valence-corrected chi connectivity index (χ1v) is 16.7. The Labute approximate surface area is 265 Å². The van der Waals surface area contributed by atoms with Gasteiger partial charge < -0.3 is 48.1 Å². The van der Waals surface area contributed by atoms with Crippen molar-refractivity contribution >= 4 is 30.7 Å².